The summed E-state index contributed by atoms with van der Waals surface area (Å²) in [5.74, 6) is -2.17. The molecule has 17 heavy (non-hydrogen) atoms. The van der Waals surface area contributed by atoms with E-state index in [0.717, 1.165) is 13.8 Å². The summed E-state index contributed by atoms with van der Waals surface area (Å²) < 4.78 is 0. The van der Waals surface area contributed by atoms with Gasteiger partial charge in [-0.05, 0) is 13.8 Å². The van der Waals surface area contributed by atoms with Crippen LogP contribution in [0.2, 0.25) is 0 Å². The largest absolute Gasteiger partial charge is 2.00 e. The van der Waals surface area contributed by atoms with Crippen molar-refractivity contribution in [1.29, 1.82) is 0 Å². The Morgan fingerprint density at radius 2 is 0.588 bits per heavy atom. The van der Waals surface area contributed by atoms with Crippen LogP contribution < -0.4 is 10.2 Å². The topological polar surface area (TPSA) is 332 Å². The van der Waals surface area contributed by atoms with Crippen molar-refractivity contribution in [3.05, 3.63) is 0 Å². The van der Waals surface area contributed by atoms with Crippen LogP contribution in [0.15, 0.2) is 0 Å². The van der Waals surface area contributed by atoms with Crippen LogP contribution >= 0.6 is 0 Å². The molecule has 0 unspecified atom stereocenters. The molecule has 12 nitrogen and oxygen atoms in total. The van der Waals surface area contributed by atoms with Gasteiger partial charge in [0.25, 0.3) is 0 Å². The van der Waals surface area contributed by atoms with Gasteiger partial charge in [-0.1, -0.05) is 0 Å². The van der Waals surface area contributed by atoms with Gasteiger partial charge in [0.2, 0.25) is 0 Å². The van der Waals surface area contributed by atoms with Crippen LogP contribution in [0.4, 0.5) is 0 Å². The Morgan fingerprint density at radius 3 is 0.588 bits per heavy atom. The third-order valence-corrected chi connectivity index (χ3v) is 0. The van der Waals surface area contributed by atoms with Crippen molar-refractivity contribution >= 4 is 11.9 Å². The molecule has 16 N–H and O–H groups in total. The second kappa shape index (κ2) is 115. The van der Waals surface area contributed by atoms with Crippen LogP contribution in [0.5, 0.6) is 0 Å². The van der Waals surface area contributed by atoms with Crippen molar-refractivity contribution in [1.82, 2.24) is 0 Å². The molecule has 0 aromatic rings. The molecule has 0 aliphatic heterocycles. The molecule has 0 aliphatic carbocycles. The van der Waals surface area contributed by atoms with Crippen molar-refractivity contribution in [2.24, 2.45) is 0 Å². The maximum absolute atomic E-state index is 8.89. The Hall–Kier alpha value is -0.861. The van der Waals surface area contributed by atoms with Gasteiger partial charge in [-0.2, -0.15) is 0 Å². The molecule has 13 heteroatoms. The average Bonchev–Trinajstić information content (AvgIpc) is 1.25. The summed E-state index contributed by atoms with van der Waals surface area (Å²) in [4.78, 5) is 17.8. The Labute approximate surface area is 107 Å². The minimum atomic E-state index is -1.08. The first-order chi connectivity index (χ1) is 3.46. The SMILES string of the molecule is CC(=O)[O-].CC(=O)[O-].O.O.O.O.O.O.O.O.[Mn+2]. The van der Waals surface area contributed by atoms with Crippen molar-refractivity contribution in [2.45, 2.75) is 13.8 Å². The Bertz CT molecular complexity index is 76.5. The number of rotatable bonds is 0. The second-order valence-electron chi connectivity index (χ2n) is 0.983. The predicted octanol–water partition coefficient (Wildman–Crippen LogP) is -9.09. The van der Waals surface area contributed by atoms with Crippen molar-refractivity contribution in [3.63, 3.8) is 0 Å². The number of aliphatic carboxylic acids is 2. The molecule has 0 aliphatic rings. The zero-order valence-electron chi connectivity index (χ0n) is 9.01. The fourth-order valence-corrected chi connectivity index (χ4v) is 0. The fraction of sp³-hybridized carbons (Fsp3) is 0.500. The number of hydrogen-bond donors (Lipinski definition) is 0. The maximum Gasteiger partial charge on any atom is 2.00 e. The van der Waals surface area contributed by atoms with Crippen LogP contribution in [0, 0.1) is 0 Å². The van der Waals surface area contributed by atoms with Gasteiger partial charge in [0, 0.05) is 11.9 Å². The molecular formula is C4H22MnO12. The number of carbonyl (C=O) groups excluding carboxylic acids is 2. The number of carboxylic acids is 2. The summed E-state index contributed by atoms with van der Waals surface area (Å²) in [6, 6.07) is 0. The molecule has 0 bridgehead atoms. The molecule has 1 radical (unpaired) electrons. The first-order valence-corrected chi connectivity index (χ1v) is 1.82. The van der Waals surface area contributed by atoms with E-state index in [4.69, 9.17) is 19.8 Å². The number of hydrogen-bond acceptors (Lipinski definition) is 4. The van der Waals surface area contributed by atoms with Gasteiger partial charge in [-0.25, -0.2) is 0 Å². The minimum Gasteiger partial charge on any atom is -0.550 e. The summed E-state index contributed by atoms with van der Waals surface area (Å²) in [7, 11) is 0. The van der Waals surface area contributed by atoms with Gasteiger partial charge in [-0.3, -0.25) is 0 Å². The molecular weight excluding hydrogens is 295 g/mol. The Kier molecular flexibility index (Phi) is 944. The summed E-state index contributed by atoms with van der Waals surface area (Å²) in [5, 5.41) is 17.8. The van der Waals surface area contributed by atoms with E-state index in [1.54, 1.807) is 0 Å². The standard InChI is InChI=1S/2C2H4O2.Mn.8H2O/c2*1-2(3)4;;;;;;;;;/h2*1H3,(H,3,4);;8*1H2/q;;+2;;;;;;;;/p-2. The molecule has 0 amide bonds. The molecule has 117 valence electrons. The van der Waals surface area contributed by atoms with Crippen LogP contribution in [-0.4, -0.2) is 55.7 Å². The van der Waals surface area contributed by atoms with Gasteiger partial charge < -0.3 is 63.6 Å². The van der Waals surface area contributed by atoms with Crippen molar-refractivity contribution in [2.75, 3.05) is 0 Å². The minimum absolute atomic E-state index is 0. The van der Waals surface area contributed by atoms with Crippen molar-refractivity contribution < 1.29 is 80.7 Å². The van der Waals surface area contributed by atoms with Crippen LogP contribution in [-0.2, 0) is 26.7 Å². The van der Waals surface area contributed by atoms with E-state index >= 15 is 0 Å². The molecule has 0 aromatic carbocycles. The smallest absolute Gasteiger partial charge is 0.550 e. The molecule has 0 saturated heterocycles. The third-order valence-electron chi connectivity index (χ3n) is 0. The molecule has 0 heterocycles. The number of carbonyl (C=O) groups is 2. The van der Waals surface area contributed by atoms with E-state index in [-0.39, 0.29) is 60.9 Å². The quantitative estimate of drug-likeness (QED) is 0.392. The molecule has 0 aromatic heterocycles. The van der Waals surface area contributed by atoms with E-state index in [1.807, 2.05) is 0 Å². The monoisotopic (exact) mass is 317 g/mol. The summed E-state index contributed by atoms with van der Waals surface area (Å²) in [6.07, 6.45) is 0. The van der Waals surface area contributed by atoms with Gasteiger partial charge in [0.15, 0.2) is 0 Å². The summed E-state index contributed by atoms with van der Waals surface area (Å²) in [5.41, 5.74) is 0. The van der Waals surface area contributed by atoms with E-state index in [2.05, 4.69) is 0 Å². The third kappa shape index (κ3) is 3530. The maximum atomic E-state index is 8.89. The van der Waals surface area contributed by atoms with Crippen LogP contribution in [0.3, 0.4) is 0 Å². The molecule has 0 atom stereocenters. The van der Waals surface area contributed by atoms with E-state index in [0.29, 0.717) is 0 Å². The van der Waals surface area contributed by atoms with Crippen LogP contribution in [0.25, 0.3) is 0 Å². The first-order valence-electron chi connectivity index (χ1n) is 1.82. The first kappa shape index (κ1) is 140. The Balaban J connectivity index is -0.00000000308. The zero-order chi connectivity index (χ0) is 7.15. The summed E-state index contributed by atoms with van der Waals surface area (Å²) in [6.45, 7) is 1.94. The molecule has 0 spiro atoms. The van der Waals surface area contributed by atoms with Gasteiger partial charge >= 0.3 is 17.1 Å². The normalized spacial score (nSPS) is 2.94. The van der Waals surface area contributed by atoms with Crippen molar-refractivity contribution in [3.8, 4) is 0 Å². The Morgan fingerprint density at radius 1 is 0.588 bits per heavy atom. The van der Waals surface area contributed by atoms with Gasteiger partial charge in [0.05, 0.1) is 0 Å². The van der Waals surface area contributed by atoms with E-state index < -0.39 is 11.9 Å². The molecule has 0 rings (SSSR count). The van der Waals surface area contributed by atoms with Gasteiger partial charge in [-0.15, -0.1) is 0 Å². The second-order valence-corrected chi connectivity index (χ2v) is 0.983. The van der Waals surface area contributed by atoms with E-state index in [9.17, 15) is 0 Å². The fourth-order valence-electron chi connectivity index (χ4n) is 0. The van der Waals surface area contributed by atoms with Crippen LogP contribution in [0.1, 0.15) is 13.8 Å². The number of carboxylic acid groups (broad SMARTS) is 2. The predicted molar refractivity (Wildman–Crippen MR) is 50.3 cm³/mol. The molecule has 0 saturated carbocycles. The molecule has 0 fully saturated rings. The van der Waals surface area contributed by atoms with Gasteiger partial charge in [0.1, 0.15) is 0 Å². The summed E-state index contributed by atoms with van der Waals surface area (Å²) >= 11 is 0. The zero-order valence-corrected chi connectivity index (χ0v) is 10.2. The van der Waals surface area contributed by atoms with E-state index in [1.165, 1.54) is 0 Å². The average molecular weight is 317 g/mol.